The van der Waals surface area contributed by atoms with Gasteiger partial charge in [0.05, 0.1) is 10.0 Å². The van der Waals surface area contributed by atoms with Crippen molar-refractivity contribution in [2.75, 3.05) is 0 Å². The molecule has 0 fully saturated rings. The summed E-state index contributed by atoms with van der Waals surface area (Å²) in [6, 6.07) is 18.2. The molecule has 0 aliphatic carbocycles. The number of halogens is 2. The van der Waals surface area contributed by atoms with Gasteiger partial charge in [0.2, 0.25) is 0 Å². The molecule has 0 aliphatic rings. The second-order valence-corrected chi connectivity index (χ2v) is 6.58. The highest BCUT2D eigenvalue weighted by Crippen LogP contribution is 2.37. The number of benzene rings is 3. The molecule has 21 heavy (non-hydrogen) atoms. The van der Waals surface area contributed by atoms with Crippen LogP contribution in [0.2, 0.25) is 10.0 Å². The van der Waals surface area contributed by atoms with Gasteiger partial charge in [-0.25, -0.2) is 0 Å². The Morgan fingerprint density at radius 2 is 1.62 bits per heavy atom. The van der Waals surface area contributed by atoms with E-state index in [9.17, 15) is 0 Å². The molecule has 0 aliphatic heterocycles. The van der Waals surface area contributed by atoms with Gasteiger partial charge in [0.1, 0.15) is 0 Å². The van der Waals surface area contributed by atoms with Gasteiger partial charge in [0.15, 0.2) is 0 Å². The fourth-order valence-electron chi connectivity index (χ4n) is 2.27. The Kier molecular flexibility index (Phi) is 4.41. The number of rotatable bonds is 3. The summed E-state index contributed by atoms with van der Waals surface area (Å²) in [7, 11) is 0. The molecule has 0 bridgehead atoms. The molecule has 0 spiro atoms. The Morgan fingerprint density at radius 3 is 2.33 bits per heavy atom. The van der Waals surface area contributed by atoms with Gasteiger partial charge in [-0.05, 0) is 40.6 Å². The van der Waals surface area contributed by atoms with Gasteiger partial charge < -0.3 is 5.73 Å². The van der Waals surface area contributed by atoms with Crippen molar-refractivity contribution in [3.8, 4) is 0 Å². The summed E-state index contributed by atoms with van der Waals surface area (Å²) in [4.78, 5) is 2.25. The van der Waals surface area contributed by atoms with Crippen molar-refractivity contribution in [3.63, 3.8) is 0 Å². The molecule has 0 saturated carbocycles. The minimum Gasteiger partial charge on any atom is -0.326 e. The first-order chi connectivity index (χ1) is 10.2. The van der Waals surface area contributed by atoms with Crippen LogP contribution in [0, 0.1) is 0 Å². The fourth-order valence-corrected chi connectivity index (χ4v) is 3.62. The Bertz CT molecular complexity index is 802. The van der Waals surface area contributed by atoms with Gasteiger partial charge in [-0.15, -0.1) is 0 Å². The number of fused-ring (bicyclic) bond motifs is 1. The fraction of sp³-hybridized carbons (Fsp3) is 0.0588. The Balaban J connectivity index is 2.06. The van der Waals surface area contributed by atoms with Crippen LogP contribution in [-0.2, 0) is 6.54 Å². The van der Waals surface area contributed by atoms with Crippen molar-refractivity contribution in [1.29, 1.82) is 0 Å². The third-order valence-electron chi connectivity index (χ3n) is 3.31. The summed E-state index contributed by atoms with van der Waals surface area (Å²) < 4.78 is 0. The molecule has 1 nitrogen and oxygen atoms in total. The molecular formula is C17H13Cl2NS. The summed E-state index contributed by atoms with van der Waals surface area (Å²) in [5, 5.41) is 3.55. The van der Waals surface area contributed by atoms with E-state index in [1.54, 1.807) is 11.8 Å². The average molecular weight is 334 g/mol. The van der Waals surface area contributed by atoms with E-state index in [1.165, 1.54) is 15.7 Å². The first kappa shape index (κ1) is 14.7. The highest BCUT2D eigenvalue weighted by Gasteiger charge is 2.07. The molecule has 0 atom stereocenters. The third-order valence-corrected chi connectivity index (χ3v) is 5.12. The van der Waals surface area contributed by atoms with Crippen LogP contribution in [0.15, 0.2) is 64.4 Å². The average Bonchev–Trinajstić information content (AvgIpc) is 2.51. The molecular weight excluding hydrogens is 321 g/mol. The monoisotopic (exact) mass is 333 g/mol. The normalized spacial score (nSPS) is 11.0. The topological polar surface area (TPSA) is 26.0 Å². The summed E-state index contributed by atoms with van der Waals surface area (Å²) in [6.45, 7) is 0.540. The minimum absolute atomic E-state index is 0.540. The van der Waals surface area contributed by atoms with E-state index < -0.39 is 0 Å². The molecule has 3 aromatic carbocycles. The quantitative estimate of drug-likeness (QED) is 0.659. The molecule has 0 aromatic heterocycles. The maximum Gasteiger partial charge on any atom is 0.0603 e. The minimum atomic E-state index is 0.540. The molecule has 0 saturated heterocycles. The van der Waals surface area contributed by atoms with Gasteiger partial charge in [0, 0.05) is 16.3 Å². The first-order valence-corrected chi connectivity index (χ1v) is 8.10. The molecule has 3 rings (SSSR count). The zero-order valence-corrected chi connectivity index (χ0v) is 13.5. The van der Waals surface area contributed by atoms with Crippen molar-refractivity contribution >= 4 is 45.7 Å². The largest absolute Gasteiger partial charge is 0.326 e. The Labute approximate surface area is 138 Å². The van der Waals surface area contributed by atoms with E-state index in [0.29, 0.717) is 16.6 Å². The van der Waals surface area contributed by atoms with Crippen LogP contribution in [0.4, 0.5) is 0 Å². The van der Waals surface area contributed by atoms with Crippen molar-refractivity contribution in [2.24, 2.45) is 5.73 Å². The van der Waals surface area contributed by atoms with Crippen LogP contribution in [0.5, 0.6) is 0 Å². The summed E-state index contributed by atoms with van der Waals surface area (Å²) in [6.07, 6.45) is 0. The summed E-state index contributed by atoms with van der Waals surface area (Å²) >= 11 is 13.7. The van der Waals surface area contributed by atoms with E-state index >= 15 is 0 Å². The SMILES string of the molecule is NCc1ccc(Sc2ccc(Cl)c(Cl)c2)c2ccccc12. The standard InChI is InChI=1S/C17H13Cl2NS/c18-15-7-6-12(9-16(15)19)21-17-8-5-11(10-20)13-3-1-2-4-14(13)17/h1-9H,10,20H2. The van der Waals surface area contributed by atoms with Gasteiger partial charge >= 0.3 is 0 Å². The second kappa shape index (κ2) is 6.29. The third kappa shape index (κ3) is 3.04. The van der Waals surface area contributed by atoms with Crippen LogP contribution in [0.1, 0.15) is 5.56 Å². The Hall–Kier alpha value is -1.19. The van der Waals surface area contributed by atoms with E-state index in [-0.39, 0.29) is 0 Å². The summed E-state index contributed by atoms with van der Waals surface area (Å²) in [5.41, 5.74) is 6.97. The van der Waals surface area contributed by atoms with Crippen molar-refractivity contribution in [2.45, 2.75) is 16.3 Å². The smallest absolute Gasteiger partial charge is 0.0603 e. The molecule has 4 heteroatoms. The maximum absolute atomic E-state index is 6.08. The lowest BCUT2D eigenvalue weighted by atomic mass is 10.0. The molecule has 0 unspecified atom stereocenters. The first-order valence-electron chi connectivity index (χ1n) is 6.52. The summed E-state index contributed by atoms with van der Waals surface area (Å²) in [5.74, 6) is 0. The molecule has 0 heterocycles. The predicted octanol–water partition coefficient (Wildman–Crippen LogP) is 5.76. The lowest BCUT2D eigenvalue weighted by molar-refractivity contribution is 1.08. The van der Waals surface area contributed by atoms with E-state index in [0.717, 1.165) is 10.5 Å². The van der Waals surface area contributed by atoms with Crippen LogP contribution in [-0.4, -0.2) is 0 Å². The number of nitrogens with two attached hydrogens (primary N) is 1. The van der Waals surface area contributed by atoms with Crippen LogP contribution >= 0.6 is 35.0 Å². The van der Waals surface area contributed by atoms with E-state index in [1.807, 2.05) is 30.3 Å². The van der Waals surface area contributed by atoms with Gasteiger partial charge in [-0.3, -0.25) is 0 Å². The molecule has 2 N–H and O–H groups in total. The van der Waals surface area contributed by atoms with Crippen molar-refractivity contribution < 1.29 is 0 Å². The zero-order valence-electron chi connectivity index (χ0n) is 11.1. The molecule has 0 radical (unpaired) electrons. The highest BCUT2D eigenvalue weighted by molar-refractivity contribution is 7.99. The van der Waals surface area contributed by atoms with Gasteiger partial charge in [-0.1, -0.05) is 65.3 Å². The number of hydrogen-bond acceptors (Lipinski definition) is 2. The number of hydrogen-bond donors (Lipinski definition) is 1. The van der Waals surface area contributed by atoms with Crippen LogP contribution < -0.4 is 5.73 Å². The van der Waals surface area contributed by atoms with Crippen molar-refractivity contribution in [1.82, 2.24) is 0 Å². The lowest BCUT2D eigenvalue weighted by Gasteiger charge is -2.10. The Morgan fingerprint density at radius 1 is 0.857 bits per heavy atom. The zero-order chi connectivity index (χ0) is 14.8. The molecule has 106 valence electrons. The predicted molar refractivity (Wildman–Crippen MR) is 92.4 cm³/mol. The molecule has 3 aromatic rings. The molecule has 0 amide bonds. The second-order valence-electron chi connectivity index (χ2n) is 4.65. The maximum atomic E-state index is 6.08. The van der Waals surface area contributed by atoms with Gasteiger partial charge in [0.25, 0.3) is 0 Å². The van der Waals surface area contributed by atoms with E-state index in [2.05, 4.69) is 24.3 Å². The lowest BCUT2D eigenvalue weighted by Crippen LogP contribution is -1.97. The highest BCUT2D eigenvalue weighted by atomic mass is 35.5. The van der Waals surface area contributed by atoms with Crippen molar-refractivity contribution in [3.05, 3.63) is 70.2 Å². The van der Waals surface area contributed by atoms with Crippen LogP contribution in [0.3, 0.4) is 0 Å². The van der Waals surface area contributed by atoms with E-state index in [4.69, 9.17) is 28.9 Å². The van der Waals surface area contributed by atoms with Gasteiger partial charge in [-0.2, -0.15) is 0 Å². The van der Waals surface area contributed by atoms with Crippen LogP contribution in [0.25, 0.3) is 10.8 Å².